The molecule has 0 saturated heterocycles. The zero-order chi connectivity index (χ0) is 14.8. The van der Waals surface area contributed by atoms with E-state index in [2.05, 4.69) is 55.3 Å². The van der Waals surface area contributed by atoms with Crippen molar-refractivity contribution >= 4 is 28.2 Å². The molecule has 0 aliphatic carbocycles. The van der Waals surface area contributed by atoms with E-state index in [-0.39, 0.29) is 5.41 Å². The summed E-state index contributed by atoms with van der Waals surface area (Å²) in [5, 5.41) is 1.44. The first-order chi connectivity index (χ1) is 9.25. The Kier molecular flexibility index (Phi) is 2.64. The molecule has 0 atom stereocenters. The maximum atomic E-state index is 6.31. The van der Waals surface area contributed by atoms with Crippen molar-refractivity contribution in [2.45, 2.75) is 33.1 Å². The van der Waals surface area contributed by atoms with E-state index in [1.807, 2.05) is 6.92 Å². The summed E-state index contributed by atoms with van der Waals surface area (Å²) in [5.74, 6) is 0.698. The predicted octanol–water partition coefficient (Wildman–Crippen LogP) is 4.14. The highest BCUT2D eigenvalue weighted by molar-refractivity contribution is 6.34. The molecular formula is C16H18ClN3. The highest BCUT2D eigenvalue weighted by atomic mass is 35.5. The molecule has 0 amide bonds. The summed E-state index contributed by atoms with van der Waals surface area (Å²) in [6, 6.07) is 2.12. The van der Waals surface area contributed by atoms with Crippen molar-refractivity contribution < 1.29 is 0 Å². The third-order valence-electron chi connectivity index (χ3n) is 4.40. The third-order valence-corrected chi connectivity index (χ3v) is 4.69. The monoisotopic (exact) mass is 287 g/mol. The number of halogens is 1. The van der Waals surface area contributed by atoms with Crippen molar-refractivity contribution in [2.75, 3.05) is 11.9 Å². The number of likely N-dealkylation sites (N-methyl/N-ethyl adjacent to an activating group) is 1. The van der Waals surface area contributed by atoms with E-state index in [0.29, 0.717) is 11.0 Å². The summed E-state index contributed by atoms with van der Waals surface area (Å²) in [5.41, 5.74) is 5.49. The van der Waals surface area contributed by atoms with Gasteiger partial charge < -0.3 is 4.90 Å². The number of benzene rings is 1. The molecule has 1 aromatic carbocycles. The van der Waals surface area contributed by atoms with E-state index < -0.39 is 0 Å². The van der Waals surface area contributed by atoms with Gasteiger partial charge >= 0.3 is 0 Å². The van der Waals surface area contributed by atoms with Gasteiger partial charge in [-0.3, -0.25) is 0 Å². The molecule has 0 saturated carbocycles. The molecule has 0 N–H and O–H groups in total. The van der Waals surface area contributed by atoms with E-state index in [1.165, 1.54) is 11.3 Å². The van der Waals surface area contributed by atoms with Crippen molar-refractivity contribution in [3.63, 3.8) is 0 Å². The molecule has 2 aromatic rings. The molecule has 1 aromatic heterocycles. The Labute approximate surface area is 124 Å². The zero-order valence-corrected chi connectivity index (χ0v) is 13.3. The molecular weight excluding hydrogens is 270 g/mol. The molecule has 3 nitrogen and oxygen atoms in total. The van der Waals surface area contributed by atoms with Gasteiger partial charge in [-0.05, 0) is 31.0 Å². The first-order valence-electron chi connectivity index (χ1n) is 6.66. The zero-order valence-electron chi connectivity index (χ0n) is 12.5. The second-order valence-electron chi connectivity index (χ2n) is 5.99. The van der Waals surface area contributed by atoms with Crippen LogP contribution in [0.15, 0.2) is 18.3 Å². The fourth-order valence-electron chi connectivity index (χ4n) is 3.11. The predicted molar refractivity (Wildman–Crippen MR) is 84.6 cm³/mol. The number of nitrogens with zero attached hydrogens (tertiary/aromatic N) is 3. The van der Waals surface area contributed by atoms with Gasteiger partial charge in [-0.2, -0.15) is 0 Å². The van der Waals surface area contributed by atoms with Crippen LogP contribution in [0.3, 0.4) is 0 Å². The molecule has 0 bridgehead atoms. The summed E-state index contributed by atoms with van der Waals surface area (Å²) in [6.45, 7) is 12.6. The Morgan fingerprint density at radius 3 is 2.55 bits per heavy atom. The normalized spacial score (nSPS) is 16.9. The lowest BCUT2D eigenvalue weighted by Crippen LogP contribution is -2.21. The SMILES string of the molecule is C=C1N(C)c2c(cc3c(Cl)nc(C)nc3c2C)C1(C)C. The van der Waals surface area contributed by atoms with Crippen LogP contribution in [0, 0.1) is 13.8 Å². The molecule has 2 heterocycles. The fraction of sp³-hybridized carbons (Fsp3) is 0.375. The molecule has 20 heavy (non-hydrogen) atoms. The van der Waals surface area contributed by atoms with E-state index >= 15 is 0 Å². The Balaban J connectivity index is 2.49. The molecule has 0 spiro atoms. The first-order valence-corrected chi connectivity index (χ1v) is 7.04. The van der Waals surface area contributed by atoms with Gasteiger partial charge in [0.25, 0.3) is 0 Å². The van der Waals surface area contributed by atoms with Crippen LogP contribution in [-0.2, 0) is 5.41 Å². The Bertz CT molecular complexity index is 762. The van der Waals surface area contributed by atoms with Crippen molar-refractivity contribution in [1.29, 1.82) is 0 Å². The smallest absolute Gasteiger partial charge is 0.140 e. The number of fused-ring (bicyclic) bond motifs is 2. The lowest BCUT2D eigenvalue weighted by molar-refractivity contribution is 0.643. The molecule has 1 aliphatic heterocycles. The van der Waals surface area contributed by atoms with Crippen LogP contribution in [0.4, 0.5) is 5.69 Å². The number of hydrogen-bond acceptors (Lipinski definition) is 3. The van der Waals surface area contributed by atoms with Gasteiger partial charge in [-0.15, -0.1) is 0 Å². The molecule has 3 rings (SSSR count). The lowest BCUT2D eigenvalue weighted by atomic mass is 9.83. The molecule has 0 radical (unpaired) electrons. The van der Waals surface area contributed by atoms with E-state index in [9.17, 15) is 0 Å². The largest absolute Gasteiger partial charge is 0.347 e. The maximum absolute atomic E-state index is 6.31. The minimum atomic E-state index is -0.1000. The van der Waals surface area contributed by atoms with Crippen molar-refractivity contribution in [3.05, 3.63) is 40.4 Å². The topological polar surface area (TPSA) is 29.0 Å². The Hall–Kier alpha value is -1.61. The molecule has 104 valence electrons. The summed E-state index contributed by atoms with van der Waals surface area (Å²) >= 11 is 6.31. The van der Waals surface area contributed by atoms with Crippen LogP contribution in [0.2, 0.25) is 5.15 Å². The minimum absolute atomic E-state index is 0.1000. The van der Waals surface area contributed by atoms with Gasteiger partial charge in [0, 0.05) is 29.2 Å². The fourth-order valence-corrected chi connectivity index (χ4v) is 3.37. The Morgan fingerprint density at radius 2 is 1.90 bits per heavy atom. The van der Waals surface area contributed by atoms with Crippen LogP contribution >= 0.6 is 11.6 Å². The van der Waals surface area contributed by atoms with Gasteiger partial charge in [0.1, 0.15) is 11.0 Å². The second-order valence-corrected chi connectivity index (χ2v) is 6.34. The van der Waals surface area contributed by atoms with Crippen molar-refractivity contribution in [2.24, 2.45) is 0 Å². The quantitative estimate of drug-likeness (QED) is 0.682. The Morgan fingerprint density at radius 1 is 1.25 bits per heavy atom. The summed E-state index contributed by atoms with van der Waals surface area (Å²) in [7, 11) is 2.06. The average molecular weight is 288 g/mol. The third kappa shape index (κ3) is 1.53. The van der Waals surface area contributed by atoms with Gasteiger partial charge in [-0.1, -0.05) is 32.0 Å². The van der Waals surface area contributed by atoms with Gasteiger partial charge in [-0.25, -0.2) is 9.97 Å². The second kappa shape index (κ2) is 3.95. The van der Waals surface area contributed by atoms with Crippen LogP contribution < -0.4 is 4.90 Å². The van der Waals surface area contributed by atoms with Crippen LogP contribution in [0.25, 0.3) is 10.9 Å². The van der Waals surface area contributed by atoms with E-state index in [4.69, 9.17) is 11.6 Å². The van der Waals surface area contributed by atoms with Gasteiger partial charge in [0.2, 0.25) is 0 Å². The highest BCUT2D eigenvalue weighted by Gasteiger charge is 2.39. The van der Waals surface area contributed by atoms with E-state index in [1.54, 1.807) is 0 Å². The maximum Gasteiger partial charge on any atom is 0.140 e. The van der Waals surface area contributed by atoms with Gasteiger partial charge in [0.15, 0.2) is 0 Å². The van der Waals surface area contributed by atoms with Gasteiger partial charge in [0.05, 0.1) is 5.52 Å². The van der Waals surface area contributed by atoms with Crippen molar-refractivity contribution in [1.82, 2.24) is 9.97 Å². The van der Waals surface area contributed by atoms with E-state index in [0.717, 1.165) is 22.2 Å². The number of aromatic nitrogens is 2. The standard InChI is InChI=1S/C16H18ClN3/c1-8-13-11(15(17)19-10(3)18-13)7-12-14(8)20(6)9(2)16(12,4)5/h7H,2H2,1,3-6H3. The lowest BCUT2D eigenvalue weighted by Gasteiger charge is -2.22. The van der Waals surface area contributed by atoms with Crippen LogP contribution in [0.5, 0.6) is 0 Å². The number of allylic oxidation sites excluding steroid dienone is 1. The van der Waals surface area contributed by atoms with Crippen LogP contribution in [-0.4, -0.2) is 17.0 Å². The molecule has 0 fully saturated rings. The summed E-state index contributed by atoms with van der Waals surface area (Å²) in [4.78, 5) is 11.0. The average Bonchev–Trinajstić information content (AvgIpc) is 2.53. The number of anilines is 1. The summed E-state index contributed by atoms with van der Waals surface area (Å²) in [6.07, 6.45) is 0. The van der Waals surface area contributed by atoms with Crippen LogP contribution in [0.1, 0.15) is 30.8 Å². The molecule has 4 heteroatoms. The molecule has 0 unspecified atom stereocenters. The van der Waals surface area contributed by atoms with Crippen molar-refractivity contribution in [3.8, 4) is 0 Å². The minimum Gasteiger partial charge on any atom is -0.347 e. The molecule has 1 aliphatic rings. The first kappa shape index (κ1) is 13.4. The number of aryl methyl sites for hydroxylation is 2. The number of hydrogen-bond donors (Lipinski definition) is 0. The number of rotatable bonds is 0. The highest BCUT2D eigenvalue weighted by Crippen LogP contribution is 2.49. The summed E-state index contributed by atoms with van der Waals surface area (Å²) < 4.78 is 0.